The highest BCUT2D eigenvalue weighted by molar-refractivity contribution is 5.73. The van der Waals surface area contributed by atoms with Crippen LogP contribution in [0.5, 0.6) is 0 Å². The third kappa shape index (κ3) is 2.61. The van der Waals surface area contributed by atoms with Crippen molar-refractivity contribution in [3.63, 3.8) is 0 Å². The molecular formula is C13H18N2O. The van der Waals surface area contributed by atoms with E-state index in [1.165, 1.54) is 17.5 Å². The Labute approximate surface area is 96.0 Å². The quantitative estimate of drug-likeness (QED) is 0.704. The summed E-state index contributed by atoms with van der Waals surface area (Å²) < 4.78 is 0. The van der Waals surface area contributed by atoms with Crippen molar-refractivity contribution in [2.75, 3.05) is 13.1 Å². The van der Waals surface area contributed by atoms with E-state index < -0.39 is 0 Å². The van der Waals surface area contributed by atoms with Crippen molar-refractivity contribution in [1.82, 2.24) is 5.32 Å². The van der Waals surface area contributed by atoms with Gasteiger partial charge in [-0.1, -0.05) is 24.3 Å². The first-order valence-electron chi connectivity index (χ1n) is 5.84. The monoisotopic (exact) mass is 218 g/mol. The molecule has 0 spiro atoms. The minimum Gasteiger partial charge on any atom is -0.370 e. The maximum absolute atomic E-state index is 10.5. The summed E-state index contributed by atoms with van der Waals surface area (Å²) in [5.74, 6) is 0.445. The summed E-state index contributed by atoms with van der Waals surface area (Å²) in [5, 5.41) is 3.38. The number of carbonyl (C=O) groups is 1. The van der Waals surface area contributed by atoms with E-state index in [-0.39, 0.29) is 5.91 Å². The lowest BCUT2D eigenvalue weighted by atomic mass is 9.77. The Hall–Kier alpha value is -1.35. The fourth-order valence-corrected chi connectivity index (χ4v) is 2.21. The van der Waals surface area contributed by atoms with Crippen molar-refractivity contribution in [3.05, 3.63) is 35.4 Å². The normalized spacial score (nSPS) is 17.6. The second-order valence-electron chi connectivity index (χ2n) is 4.37. The van der Waals surface area contributed by atoms with E-state index in [9.17, 15) is 4.79 Å². The zero-order valence-electron chi connectivity index (χ0n) is 9.41. The molecular weight excluding hydrogens is 200 g/mol. The molecule has 1 unspecified atom stereocenters. The highest BCUT2D eigenvalue weighted by Gasteiger charge is 2.24. The summed E-state index contributed by atoms with van der Waals surface area (Å²) in [4.78, 5) is 10.5. The van der Waals surface area contributed by atoms with E-state index in [4.69, 9.17) is 5.73 Å². The number of benzene rings is 1. The number of rotatable bonds is 6. The van der Waals surface area contributed by atoms with E-state index >= 15 is 0 Å². The number of hydrogen-bond acceptors (Lipinski definition) is 2. The molecule has 3 nitrogen and oxygen atoms in total. The van der Waals surface area contributed by atoms with Gasteiger partial charge in [0.25, 0.3) is 0 Å². The van der Waals surface area contributed by atoms with Crippen molar-refractivity contribution in [3.8, 4) is 0 Å². The van der Waals surface area contributed by atoms with Gasteiger partial charge in [0.2, 0.25) is 5.91 Å². The molecule has 16 heavy (non-hydrogen) atoms. The minimum atomic E-state index is -0.212. The maximum atomic E-state index is 10.5. The molecule has 0 aromatic heterocycles. The number of primary amides is 1. The van der Waals surface area contributed by atoms with Gasteiger partial charge in [-0.3, -0.25) is 4.79 Å². The molecule has 0 heterocycles. The van der Waals surface area contributed by atoms with Crippen LogP contribution in [-0.4, -0.2) is 19.0 Å². The van der Waals surface area contributed by atoms with Crippen LogP contribution in [0.15, 0.2) is 24.3 Å². The predicted octanol–water partition coefficient (Wildman–Crippen LogP) is 1.18. The molecule has 0 bridgehead atoms. The summed E-state index contributed by atoms with van der Waals surface area (Å²) in [6, 6.07) is 8.58. The molecule has 1 atom stereocenters. The van der Waals surface area contributed by atoms with Crippen LogP contribution >= 0.6 is 0 Å². The lowest BCUT2D eigenvalue weighted by Gasteiger charge is -2.30. The zero-order valence-corrected chi connectivity index (χ0v) is 9.41. The zero-order chi connectivity index (χ0) is 11.4. The maximum Gasteiger partial charge on any atom is 0.217 e. The first-order valence-corrected chi connectivity index (χ1v) is 5.84. The van der Waals surface area contributed by atoms with Gasteiger partial charge in [0.05, 0.1) is 0 Å². The van der Waals surface area contributed by atoms with Gasteiger partial charge < -0.3 is 11.1 Å². The molecule has 1 aliphatic rings. The molecule has 0 fully saturated rings. The van der Waals surface area contributed by atoms with Crippen LogP contribution in [-0.2, 0) is 11.2 Å². The van der Waals surface area contributed by atoms with Crippen LogP contribution in [0.2, 0.25) is 0 Å². The smallest absolute Gasteiger partial charge is 0.217 e. The van der Waals surface area contributed by atoms with Crippen LogP contribution in [0.3, 0.4) is 0 Å². The average Bonchev–Trinajstić information content (AvgIpc) is 2.23. The van der Waals surface area contributed by atoms with E-state index in [0.29, 0.717) is 12.3 Å². The largest absolute Gasteiger partial charge is 0.370 e. The van der Waals surface area contributed by atoms with Crippen molar-refractivity contribution < 1.29 is 4.79 Å². The van der Waals surface area contributed by atoms with Crippen LogP contribution in [0.1, 0.15) is 29.9 Å². The molecule has 1 amide bonds. The third-order valence-electron chi connectivity index (χ3n) is 3.13. The van der Waals surface area contributed by atoms with Gasteiger partial charge in [0.15, 0.2) is 0 Å². The Morgan fingerprint density at radius 2 is 2.25 bits per heavy atom. The fraction of sp³-hybridized carbons (Fsp3) is 0.462. The third-order valence-corrected chi connectivity index (χ3v) is 3.13. The van der Waals surface area contributed by atoms with Gasteiger partial charge in [-0.15, -0.1) is 0 Å². The highest BCUT2D eigenvalue weighted by atomic mass is 16.1. The minimum absolute atomic E-state index is 0.212. The van der Waals surface area contributed by atoms with Crippen LogP contribution in [0.25, 0.3) is 0 Å². The Bertz CT molecular complexity index is 376. The second kappa shape index (κ2) is 5.12. The van der Waals surface area contributed by atoms with E-state index in [1.807, 2.05) is 0 Å². The number of nitrogens with one attached hydrogen (secondary N) is 1. The number of carbonyl (C=O) groups excluding carboxylic acids is 1. The van der Waals surface area contributed by atoms with Gasteiger partial charge in [0.1, 0.15) is 0 Å². The van der Waals surface area contributed by atoms with E-state index in [0.717, 1.165) is 19.5 Å². The van der Waals surface area contributed by atoms with Gasteiger partial charge in [-0.2, -0.15) is 0 Å². The van der Waals surface area contributed by atoms with Crippen LogP contribution in [0, 0.1) is 0 Å². The predicted molar refractivity (Wildman–Crippen MR) is 64.2 cm³/mol. The lowest BCUT2D eigenvalue weighted by molar-refractivity contribution is -0.118. The highest BCUT2D eigenvalue weighted by Crippen LogP contribution is 2.33. The molecule has 1 aliphatic carbocycles. The summed E-state index contributed by atoms with van der Waals surface area (Å²) in [7, 11) is 0. The molecule has 3 heteroatoms. The molecule has 1 aromatic carbocycles. The molecule has 1 aromatic rings. The number of nitrogens with two attached hydrogens (primary N) is 1. The summed E-state index contributed by atoms with van der Waals surface area (Å²) in [5.41, 5.74) is 8.02. The molecule has 0 radical (unpaired) electrons. The second-order valence-corrected chi connectivity index (χ2v) is 4.37. The van der Waals surface area contributed by atoms with Crippen molar-refractivity contribution in [2.24, 2.45) is 5.73 Å². The van der Waals surface area contributed by atoms with E-state index in [2.05, 4.69) is 29.6 Å². The van der Waals surface area contributed by atoms with Crippen molar-refractivity contribution >= 4 is 5.91 Å². The molecule has 0 aliphatic heterocycles. The Morgan fingerprint density at radius 1 is 1.44 bits per heavy atom. The number of fused-ring (bicyclic) bond motifs is 1. The van der Waals surface area contributed by atoms with Crippen molar-refractivity contribution in [2.45, 2.75) is 25.2 Å². The molecule has 0 saturated carbocycles. The topological polar surface area (TPSA) is 55.1 Å². The van der Waals surface area contributed by atoms with Crippen LogP contribution in [0.4, 0.5) is 0 Å². The molecule has 3 N–H and O–H groups in total. The van der Waals surface area contributed by atoms with Gasteiger partial charge >= 0.3 is 0 Å². The molecule has 86 valence electrons. The molecule has 0 saturated heterocycles. The Balaban J connectivity index is 1.65. The first kappa shape index (κ1) is 11.1. The van der Waals surface area contributed by atoms with Crippen molar-refractivity contribution in [1.29, 1.82) is 0 Å². The number of amides is 1. The summed E-state index contributed by atoms with van der Waals surface area (Å²) in [6.07, 6.45) is 2.50. The average molecular weight is 218 g/mol. The number of hydrogen-bond donors (Lipinski definition) is 2. The lowest BCUT2D eigenvalue weighted by Crippen LogP contribution is -2.30. The molecule has 2 rings (SSSR count). The van der Waals surface area contributed by atoms with E-state index in [1.54, 1.807) is 0 Å². The van der Waals surface area contributed by atoms with Crippen LogP contribution < -0.4 is 11.1 Å². The Morgan fingerprint density at radius 3 is 3.00 bits per heavy atom. The standard InChI is InChI=1S/C13H18N2O/c14-13(16)6-3-7-15-9-11-8-10-4-1-2-5-12(10)11/h1-2,4-5,11,15H,3,6-9H2,(H2,14,16). The first-order chi connectivity index (χ1) is 7.77. The summed E-state index contributed by atoms with van der Waals surface area (Å²) in [6.45, 7) is 1.89. The van der Waals surface area contributed by atoms with Gasteiger partial charge in [-0.25, -0.2) is 0 Å². The van der Waals surface area contributed by atoms with Gasteiger partial charge in [0, 0.05) is 18.9 Å². The SMILES string of the molecule is NC(=O)CCCNCC1Cc2ccccc21. The summed E-state index contributed by atoms with van der Waals surface area (Å²) >= 11 is 0. The fourth-order valence-electron chi connectivity index (χ4n) is 2.21. The van der Waals surface area contributed by atoms with Gasteiger partial charge in [-0.05, 0) is 30.5 Å². The Kier molecular flexibility index (Phi) is 3.57.